The number of piperidine rings is 1. The van der Waals surface area contributed by atoms with Crippen LogP contribution in [0.2, 0.25) is 5.02 Å². The van der Waals surface area contributed by atoms with E-state index >= 15 is 0 Å². The van der Waals surface area contributed by atoms with Gasteiger partial charge in [-0.3, -0.25) is 9.48 Å². The molecule has 0 bridgehead atoms. The molecule has 128 valence electrons. The molecule has 2 aromatic rings. The van der Waals surface area contributed by atoms with Crippen LogP contribution in [-0.2, 0) is 6.54 Å². The second kappa shape index (κ2) is 7.57. The summed E-state index contributed by atoms with van der Waals surface area (Å²) in [6.45, 7) is 4.07. The van der Waals surface area contributed by atoms with E-state index in [2.05, 4.69) is 21.0 Å². The first-order valence-electron chi connectivity index (χ1n) is 8.01. The second-order valence-corrected chi connectivity index (χ2v) is 7.04. The molecule has 1 saturated heterocycles. The first-order valence-corrected chi connectivity index (χ1v) is 9.18. The lowest BCUT2D eigenvalue weighted by Crippen LogP contribution is -2.42. The maximum Gasteiger partial charge on any atom is 0.275 e. The van der Waals surface area contributed by atoms with Gasteiger partial charge in [0, 0.05) is 43.7 Å². The molecule has 0 radical (unpaired) electrons. The largest absolute Gasteiger partial charge is 0.490 e. The number of likely N-dealkylation sites (tertiary alicyclic amines) is 1. The topological polar surface area (TPSA) is 47.4 Å². The molecule has 0 saturated carbocycles. The smallest absolute Gasteiger partial charge is 0.275 e. The van der Waals surface area contributed by atoms with E-state index in [4.69, 9.17) is 16.3 Å². The van der Waals surface area contributed by atoms with Gasteiger partial charge in [0.05, 0.1) is 4.47 Å². The Kier molecular flexibility index (Phi) is 5.46. The van der Waals surface area contributed by atoms with E-state index in [1.165, 1.54) is 0 Å². The van der Waals surface area contributed by atoms with E-state index in [9.17, 15) is 4.79 Å². The summed E-state index contributed by atoms with van der Waals surface area (Å²) in [5.41, 5.74) is 0.480. The lowest BCUT2D eigenvalue weighted by molar-refractivity contribution is 0.0588. The first-order chi connectivity index (χ1) is 11.6. The molecule has 1 aromatic heterocycles. The summed E-state index contributed by atoms with van der Waals surface area (Å²) < 4.78 is 8.47. The number of amides is 1. The predicted molar refractivity (Wildman–Crippen MR) is 96.6 cm³/mol. The van der Waals surface area contributed by atoms with Crippen molar-refractivity contribution >= 4 is 33.4 Å². The Bertz CT molecular complexity index is 709. The van der Waals surface area contributed by atoms with Crippen molar-refractivity contribution in [3.8, 4) is 5.75 Å². The minimum atomic E-state index is -0.0287. The third-order valence-corrected chi connectivity index (χ3v) is 4.92. The summed E-state index contributed by atoms with van der Waals surface area (Å²) in [5.74, 6) is 0.785. The van der Waals surface area contributed by atoms with Crippen LogP contribution in [0, 0.1) is 0 Å². The third-order valence-electron chi connectivity index (χ3n) is 4.09. The maximum atomic E-state index is 12.6. The molecule has 1 aliphatic heterocycles. The summed E-state index contributed by atoms with van der Waals surface area (Å²) in [6, 6.07) is 7.37. The Balaban J connectivity index is 1.57. The standard InChI is InChI=1S/C17H19BrClN3O2/c1-2-22-11-15(18)16(20-22)17(23)21-9-7-14(8-10-21)24-13-5-3-12(19)4-6-13/h3-6,11,14H,2,7-10H2,1H3. The van der Waals surface area contributed by atoms with Gasteiger partial charge in [0.2, 0.25) is 0 Å². The Morgan fingerprint density at radius 1 is 1.33 bits per heavy atom. The maximum absolute atomic E-state index is 12.6. The number of nitrogens with zero attached hydrogens (tertiary/aromatic N) is 3. The highest BCUT2D eigenvalue weighted by Gasteiger charge is 2.27. The van der Waals surface area contributed by atoms with Gasteiger partial charge in [-0.1, -0.05) is 11.6 Å². The van der Waals surface area contributed by atoms with Gasteiger partial charge in [-0.15, -0.1) is 0 Å². The molecular formula is C17H19BrClN3O2. The summed E-state index contributed by atoms with van der Waals surface area (Å²) in [5, 5.41) is 5.03. The fourth-order valence-electron chi connectivity index (χ4n) is 2.74. The van der Waals surface area contributed by atoms with Crippen LogP contribution in [0.25, 0.3) is 0 Å². The van der Waals surface area contributed by atoms with Gasteiger partial charge in [-0.25, -0.2) is 0 Å². The molecule has 0 aliphatic carbocycles. The zero-order chi connectivity index (χ0) is 17.1. The summed E-state index contributed by atoms with van der Waals surface area (Å²) in [6.07, 6.45) is 3.57. The SMILES string of the molecule is CCn1cc(Br)c(C(=O)N2CCC(Oc3ccc(Cl)cc3)CC2)n1. The van der Waals surface area contributed by atoms with Crippen molar-refractivity contribution in [2.75, 3.05) is 13.1 Å². The molecule has 24 heavy (non-hydrogen) atoms. The van der Waals surface area contributed by atoms with Crippen molar-refractivity contribution in [3.63, 3.8) is 0 Å². The van der Waals surface area contributed by atoms with Gasteiger partial charge in [0.15, 0.2) is 5.69 Å². The Morgan fingerprint density at radius 3 is 2.58 bits per heavy atom. The van der Waals surface area contributed by atoms with Crippen molar-refractivity contribution in [1.29, 1.82) is 0 Å². The monoisotopic (exact) mass is 411 g/mol. The van der Waals surface area contributed by atoms with Gasteiger partial charge in [0.25, 0.3) is 5.91 Å². The van der Waals surface area contributed by atoms with Crippen LogP contribution in [0.3, 0.4) is 0 Å². The molecule has 7 heteroatoms. The van der Waals surface area contributed by atoms with Crippen molar-refractivity contribution in [3.05, 3.63) is 45.7 Å². The highest BCUT2D eigenvalue weighted by Crippen LogP contribution is 2.23. The Morgan fingerprint density at radius 2 is 2.00 bits per heavy atom. The third kappa shape index (κ3) is 3.92. The number of carbonyl (C=O) groups excluding carboxylic acids is 1. The minimum Gasteiger partial charge on any atom is -0.490 e. The normalized spacial score (nSPS) is 15.5. The van der Waals surface area contributed by atoms with Gasteiger partial charge >= 0.3 is 0 Å². The summed E-state index contributed by atoms with van der Waals surface area (Å²) in [4.78, 5) is 14.5. The van der Waals surface area contributed by atoms with Crippen LogP contribution in [0.4, 0.5) is 0 Å². The molecule has 1 aromatic carbocycles. The summed E-state index contributed by atoms with van der Waals surface area (Å²) in [7, 11) is 0. The number of hydrogen-bond donors (Lipinski definition) is 0. The molecule has 0 atom stereocenters. The van der Waals surface area contributed by atoms with E-state index in [-0.39, 0.29) is 12.0 Å². The zero-order valence-electron chi connectivity index (χ0n) is 13.4. The van der Waals surface area contributed by atoms with Gasteiger partial charge in [-0.05, 0) is 47.1 Å². The molecule has 0 unspecified atom stereocenters. The van der Waals surface area contributed by atoms with Crippen molar-refractivity contribution in [1.82, 2.24) is 14.7 Å². The van der Waals surface area contributed by atoms with Crippen LogP contribution in [-0.4, -0.2) is 39.8 Å². The molecule has 0 N–H and O–H groups in total. The second-order valence-electron chi connectivity index (χ2n) is 5.74. The number of benzene rings is 1. The zero-order valence-corrected chi connectivity index (χ0v) is 15.8. The fraction of sp³-hybridized carbons (Fsp3) is 0.412. The van der Waals surface area contributed by atoms with Crippen molar-refractivity contribution in [2.24, 2.45) is 0 Å². The van der Waals surface area contributed by atoms with Crippen molar-refractivity contribution in [2.45, 2.75) is 32.4 Å². The molecule has 5 nitrogen and oxygen atoms in total. The van der Waals surface area contributed by atoms with Crippen LogP contribution < -0.4 is 4.74 Å². The van der Waals surface area contributed by atoms with E-state index in [0.717, 1.165) is 29.6 Å². The molecule has 2 heterocycles. The van der Waals surface area contributed by atoms with Gasteiger partial charge < -0.3 is 9.64 Å². The van der Waals surface area contributed by atoms with Gasteiger partial charge in [-0.2, -0.15) is 5.10 Å². The number of aryl methyl sites for hydroxylation is 1. The van der Waals surface area contributed by atoms with Crippen LogP contribution in [0.5, 0.6) is 5.75 Å². The highest BCUT2D eigenvalue weighted by atomic mass is 79.9. The van der Waals surface area contributed by atoms with E-state index in [1.54, 1.807) is 4.68 Å². The lowest BCUT2D eigenvalue weighted by atomic mass is 10.1. The van der Waals surface area contributed by atoms with Gasteiger partial charge in [0.1, 0.15) is 11.9 Å². The van der Waals surface area contributed by atoms with E-state index in [0.29, 0.717) is 23.8 Å². The number of ether oxygens (including phenoxy) is 1. The molecule has 1 fully saturated rings. The minimum absolute atomic E-state index is 0.0287. The van der Waals surface area contributed by atoms with E-state index in [1.807, 2.05) is 42.3 Å². The fourth-order valence-corrected chi connectivity index (χ4v) is 3.35. The highest BCUT2D eigenvalue weighted by molar-refractivity contribution is 9.10. The van der Waals surface area contributed by atoms with E-state index < -0.39 is 0 Å². The summed E-state index contributed by atoms with van der Waals surface area (Å²) >= 11 is 9.30. The average Bonchev–Trinajstić information content (AvgIpc) is 2.98. The van der Waals surface area contributed by atoms with Crippen molar-refractivity contribution < 1.29 is 9.53 Å². The molecule has 0 spiro atoms. The lowest BCUT2D eigenvalue weighted by Gasteiger charge is -2.31. The quantitative estimate of drug-likeness (QED) is 0.762. The average molecular weight is 413 g/mol. The first kappa shape index (κ1) is 17.3. The Hall–Kier alpha value is -1.53. The van der Waals surface area contributed by atoms with Crippen LogP contribution in [0.15, 0.2) is 34.9 Å². The van der Waals surface area contributed by atoms with Crippen LogP contribution in [0.1, 0.15) is 30.3 Å². The van der Waals surface area contributed by atoms with Crippen LogP contribution >= 0.6 is 27.5 Å². The molecular weight excluding hydrogens is 394 g/mol. The number of aromatic nitrogens is 2. The predicted octanol–water partition coefficient (Wildman–Crippen LogP) is 4.00. The Labute approximate surface area is 154 Å². The number of rotatable bonds is 4. The molecule has 1 aliphatic rings. The molecule has 3 rings (SSSR count). The number of carbonyl (C=O) groups is 1. The number of hydrogen-bond acceptors (Lipinski definition) is 3. The molecule has 1 amide bonds. The number of halogens is 2.